The molecule has 5 nitrogen and oxygen atoms in total. The van der Waals surface area contributed by atoms with E-state index >= 15 is 0 Å². The lowest BCUT2D eigenvalue weighted by molar-refractivity contribution is 0.240. The fraction of sp³-hybridized carbons (Fsp3) is 0.368. The molecule has 0 fully saturated rings. The Hall–Kier alpha value is -2.40. The summed E-state index contributed by atoms with van der Waals surface area (Å²) in [5.41, 5.74) is 3.02. The van der Waals surface area contributed by atoms with Gasteiger partial charge in [0, 0.05) is 24.3 Å². The van der Waals surface area contributed by atoms with Crippen molar-refractivity contribution in [2.24, 2.45) is 0 Å². The van der Waals surface area contributed by atoms with Gasteiger partial charge in [0.1, 0.15) is 12.9 Å². The molecule has 0 bridgehead atoms. The van der Waals surface area contributed by atoms with Crippen molar-refractivity contribution < 1.29 is 9.47 Å². The maximum atomic E-state index is 5.93. The van der Waals surface area contributed by atoms with Gasteiger partial charge in [0.2, 0.25) is 0 Å². The maximum absolute atomic E-state index is 5.93. The molecule has 2 aromatic rings. The standard InChI is InChI=1S/C19H25N3O2/c1-14(2)12-24-19-16(7-6-8-18(19)23-5)11-22(4)15(3)17-9-10-20-13-21-17/h6-10,13,15H,1,11-12H2,2-5H3/t15-/m1/s1. The van der Waals surface area contributed by atoms with Crippen LogP contribution in [0.5, 0.6) is 11.5 Å². The van der Waals surface area contributed by atoms with Crippen molar-refractivity contribution in [3.8, 4) is 11.5 Å². The third-order valence-corrected chi connectivity index (χ3v) is 3.86. The Bertz CT molecular complexity index is 674. The predicted octanol–water partition coefficient (Wildman–Crippen LogP) is 3.63. The van der Waals surface area contributed by atoms with Crippen LogP contribution in [-0.2, 0) is 6.54 Å². The highest BCUT2D eigenvalue weighted by Crippen LogP contribution is 2.33. The SMILES string of the molecule is C=C(C)COc1c(CN(C)[C@H](C)c2ccncn2)cccc1OC. The highest BCUT2D eigenvalue weighted by atomic mass is 16.5. The van der Waals surface area contributed by atoms with Crippen LogP contribution in [0.25, 0.3) is 0 Å². The van der Waals surface area contributed by atoms with E-state index in [0.29, 0.717) is 13.2 Å². The van der Waals surface area contributed by atoms with E-state index in [1.54, 1.807) is 19.6 Å². The largest absolute Gasteiger partial charge is 0.493 e. The van der Waals surface area contributed by atoms with Gasteiger partial charge in [0.05, 0.1) is 12.8 Å². The zero-order valence-electron chi connectivity index (χ0n) is 14.8. The summed E-state index contributed by atoms with van der Waals surface area (Å²) >= 11 is 0. The van der Waals surface area contributed by atoms with Crippen molar-refractivity contribution in [2.75, 3.05) is 20.8 Å². The van der Waals surface area contributed by atoms with Crippen molar-refractivity contribution in [1.29, 1.82) is 0 Å². The summed E-state index contributed by atoms with van der Waals surface area (Å²) in [7, 11) is 3.72. The molecule has 1 heterocycles. The van der Waals surface area contributed by atoms with Crippen LogP contribution in [0.1, 0.15) is 31.1 Å². The van der Waals surface area contributed by atoms with Gasteiger partial charge in [0.25, 0.3) is 0 Å². The van der Waals surface area contributed by atoms with E-state index in [2.05, 4.69) is 41.5 Å². The van der Waals surface area contributed by atoms with Crippen LogP contribution in [-0.4, -0.2) is 35.6 Å². The molecule has 1 aromatic heterocycles. The molecule has 0 saturated carbocycles. The smallest absolute Gasteiger partial charge is 0.166 e. The Morgan fingerprint density at radius 1 is 1.33 bits per heavy atom. The van der Waals surface area contributed by atoms with Crippen molar-refractivity contribution in [2.45, 2.75) is 26.4 Å². The molecular formula is C19H25N3O2. The normalized spacial score (nSPS) is 12.0. The van der Waals surface area contributed by atoms with E-state index in [9.17, 15) is 0 Å². The average molecular weight is 327 g/mol. The van der Waals surface area contributed by atoms with Gasteiger partial charge in [-0.1, -0.05) is 18.7 Å². The van der Waals surface area contributed by atoms with E-state index in [-0.39, 0.29) is 6.04 Å². The molecule has 0 spiro atoms. The van der Waals surface area contributed by atoms with Crippen LogP contribution in [0.4, 0.5) is 0 Å². The van der Waals surface area contributed by atoms with Crippen molar-refractivity contribution in [3.63, 3.8) is 0 Å². The van der Waals surface area contributed by atoms with E-state index in [1.165, 1.54) is 0 Å². The number of methoxy groups -OCH3 is 1. The number of benzene rings is 1. The molecule has 0 aliphatic rings. The Balaban J connectivity index is 2.20. The maximum Gasteiger partial charge on any atom is 0.166 e. The number of rotatable bonds is 8. The highest BCUT2D eigenvalue weighted by Gasteiger charge is 2.17. The van der Waals surface area contributed by atoms with Crippen LogP contribution in [0.3, 0.4) is 0 Å². The molecule has 0 amide bonds. The van der Waals surface area contributed by atoms with Crippen LogP contribution < -0.4 is 9.47 Å². The zero-order valence-corrected chi connectivity index (χ0v) is 14.8. The van der Waals surface area contributed by atoms with Crippen molar-refractivity contribution in [3.05, 3.63) is 60.2 Å². The van der Waals surface area contributed by atoms with E-state index < -0.39 is 0 Å². The summed E-state index contributed by atoms with van der Waals surface area (Å²) in [4.78, 5) is 10.5. The highest BCUT2D eigenvalue weighted by molar-refractivity contribution is 5.46. The van der Waals surface area contributed by atoms with Gasteiger partial charge >= 0.3 is 0 Å². The number of nitrogens with zero attached hydrogens (tertiary/aromatic N) is 3. The average Bonchev–Trinajstić information content (AvgIpc) is 2.60. The first-order valence-corrected chi connectivity index (χ1v) is 7.92. The minimum atomic E-state index is 0.160. The lowest BCUT2D eigenvalue weighted by Crippen LogP contribution is -2.23. The van der Waals surface area contributed by atoms with Crippen LogP contribution in [0, 0.1) is 0 Å². The minimum absolute atomic E-state index is 0.160. The summed E-state index contributed by atoms with van der Waals surface area (Å²) in [5, 5.41) is 0. The summed E-state index contributed by atoms with van der Waals surface area (Å²) in [6.45, 7) is 9.15. The second kappa shape index (κ2) is 8.45. The Morgan fingerprint density at radius 2 is 2.12 bits per heavy atom. The lowest BCUT2D eigenvalue weighted by atomic mass is 10.1. The summed E-state index contributed by atoms with van der Waals surface area (Å²) in [6.07, 6.45) is 3.34. The van der Waals surface area contributed by atoms with Gasteiger partial charge in [-0.25, -0.2) is 9.97 Å². The van der Waals surface area contributed by atoms with Gasteiger partial charge in [-0.2, -0.15) is 0 Å². The molecule has 2 rings (SSSR count). The Morgan fingerprint density at radius 3 is 2.75 bits per heavy atom. The number of hydrogen-bond donors (Lipinski definition) is 0. The molecule has 0 unspecified atom stereocenters. The molecule has 5 heteroatoms. The lowest BCUT2D eigenvalue weighted by Gasteiger charge is -2.25. The second-order valence-corrected chi connectivity index (χ2v) is 5.92. The Kier molecular flexibility index (Phi) is 6.32. The molecule has 24 heavy (non-hydrogen) atoms. The molecule has 128 valence electrons. The van der Waals surface area contributed by atoms with Crippen molar-refractivity contribution in [1.82, 2.24) is 14.9 Å². The van der Waals surface area contributed by atoms with Crippen LogP contribution in [0.15, 0.2) is 48.9 Å². The first-order chi connectivity index (χ1) is 11.5. The van der Waals surface area contributed by atoms with E-state index in [4.69, 9.17) is 9.47 Å². The van der Waals surface area contributed by atoms with Gasteiger partial charge in [-0.05, 0) is 38.6 Å². The van der Waals surface area contributed by atoms with Gasteiger partial charge in [-0.15, -0.1) is 0 Å². The van der Waals surface area contributed by atoms with Crippen LogP contribution in [0.2, 0.25) is 0 Å². The van der Waals surface area contributed by atoms with E-state index in [1.807, 2.05) is 25.1 Å². The molecule has 0 N–H and O–H groups in total. The fourth-order valence-corrected chi connectivity index (χ4v) is 2.39. The van der Waals surface area contributed by atoms with E-state index in [0.717, 1.165) is 28.3 Å². The molecule has 0 aliphatic carbocycles. The first-order valence-electron chi connectivity index (χ1n) is 7.92. The molecule has 1 atom stereocenters. The molecule has 0 radical (unpaired) electrons. The quantitative estimate of drug-likeness (QED) is 0.693. The molecule has 1 aromatic carbocycles. The molecular weight excluding hydrogens is 302 g/mol. The zero-order chi connectivity index (χ0) is 17.5. The van der Waals surface area contributed by atoms with Crippen LogP contribution >= 0.6 is 0 Å². The molecule has 0 saturated heterocycles. The predicted molar refractivity (Wildman–Crippen MR) is 95.2 cm³/mol. The molecule has 0 aliphatic heterocycles. The summed E-state index contributed by atoms with van der Waals surface area (Å²) in [6, 6.07) is 8.04. The minimum Gasteiger partial charge on any atom is -0.493 e. The third-order valence-electron chi connectivity index (χ3n) is 3.86. The van der Waals surface area contributed by atoms with Gasteiger partial charge < -0.3 is 9.47 Å². The second-order valence-electron chi connectivity index (χ2n) is 5.92. The van der Waals surface area contributed by atoms with Gasteiger partial charge in [0.15, 0.2) is 11.5 Å². The van der Waals surface area contributed by atoms with Crippen molar-refractivity contribution >= 4 is 0 Å². The monoisotopic (exact) mass is 327 g/mol. The summed E-state index contributed by atoms with van der Waals surface area (Å²) in [5.74, 6) is 1.50. The fourth-order valence-electron chi connectivity index (χ4n) is 2.39. The third kappa shape index (κ3) is 4.55. The Labute approximate surface area is 144 Å². The number of hydrogen-bond acceptors (Lipinski definition) is 5. The summed E-state index contributed by atoms with van der Waals surface area (Å²) < 4.78 is 11.4. The number of ether oxygens (including phenoxy) is 2. The topological polar surface area (TPSA) is 47.5 Å². The number of para-hydroxylation sites is 1. The number of aromatic nitrogens is 2. The van der Waals surface area contributed by atoms with Gasteiger partial charge in [-0.3, -0.25) is 4.90 Å². The first kappa shape index (κ1) is 17.9.